The van der Waals surface area contributed by atoms with Crippen molar-refractivity contribution < 1.29 is 14.3 Å². The van der Waals surface area contributed by atoms with Crippen LogP contribution >= 0.6 is 11.8 Å². The molecular weight excluding hydrogens is 229 g/mol. The summed E-state index contributed by atoms with van der Waals surface area (Å²) in [6.07, 6.45) is 1.94. The van der Waals surface area contributed by atoms with Crippen molar-refractivity contribution in [1.29, 1.82) is 0 Å². The highest BCUT2D eigenvalue weighted by Crippen LogP contribution is 2.16. The molecule has 5 heteroatoms. The number of carbonyl (C=O) groups excluding carboxylic acids is 1. The Hall–Kier alpha value is -1.23. The number of halogens is 1. The van der Waals surface area contributed by atoms with E-state index in [-0.39, 0.29) is 17.2 Å². The lowest BCUT2D eigenvalue weighted by atomic mass is 10.2. The number of benzene rings is 1. The fraction of sp³-hybridized carbons (Fsp3) is 0.364. The zero-order valence-electron chi connectivity index (χ0n) is 9.24. The zero-order chi connectivity index (χ0) is 12.1. The van der Waals surface area contributed by atoms with E-state index >= 15 is 0 Å². The largest absolute Gasteiger partial charge is 0.508 e. The van der Waals surface area contributed by atoms with Crippen molar-refractivity contribution in [3.63, 3.8) is 0 Å². The molecule has 0 atom stereocenters. The van der Waals surface area contributed by atoms with E-state index in [1.807, 2.05) is 6.26 Å². The van der Waals surface area contributed by atoms with Gasteiger partial charge in [0.15, 0.2) is 0 Å². The van der Waals surface area contributed by atoms with Crippen LogP contribution in [0.3, 0.4) is 0 Å². The van der Waals surface area contributed by atoms with Crippen molar-refractivity contribution in [2.75, 3.05) is 25.6 Å². The van der Waals surface area contributed by atoms with Gasteiger partial charge in [0.1, 0.15) is 11.6 Å². The first-order chi connectivity index (χ1) is 7.56. The maximum absolute atomic E-state index is 13.4. The van der Waals surface area contributed by atoms with Gasteiger partial charge in [0.25, 0.3) is 5.91 Å². The quantitative estimate of drug-likeness (QED) is 0.879. The van der Waals surface area contributed by atoms with Gasteiger partial charge in [-0.1, -0.05) is 0 Å². The number of carbonyl (C=O) groups is 1. The molecule has 16 heavy (non-hydrogen) atoms. The third-order valence-corrected chi connectivity index (χ3v) is 2.75. The van der Waals surface area contributed by atoms with E-state index in [2.05, 4.69) is 0 Å². The van der Waals surface area contributed by atoms with Crippen LogP contribution < -0.4 is 0 Å². The SMILES string of the molecule is CSCCN(C)C(=O)c1ccc(O)cc1F. The van der Waals surface area contributed by atoms with Crippen LogP contribution in [0.5, 0.6) is 5.75 Å². The lowest BCUT2D eigenvalue weighted by molar-refractivity contribution is 0.0799. The van der Waals surface area contributed by atoms with E-state index in [1.165, 1.54) is 17.0 Å². The summed E-state index contributed by atoms with van der Waals surface area (Å²) in [5.74, 6) is -0.435. The lowest BCUT2D eigenvalue weighted by Gasteiger charge is -2.16. The van der Waals surface area contributed by atoms with Gasteiger partial charge >= 0.3 is 0 Å². The normalized spacial score (nSPS) is 10.2. The second kappa shape index (κ2) is 5.75. The van der Waals surface area contributed by atoms with Crippen LogP contribution in [0.25, 0.3) is 0 Å². The number of nitrogens with zero attached hydrogens (tertiary/aromatic N) is 1. The lowest BCUT2D eigenvalue weighted by Crippen LogP contribution is -2.29. The minimum absolute atomic E-state index is 0.0126. The third-order valence-electron chi connectivity index (χ3n) is 2.16. The number of phenolic OH excluding ortho intramolecular Hbond substituents is 1. The molecule has 0 aliphatic heterocycles. The molecule has 0 saturated heterocycles. The number of amides is 1. The molecule has 3 nitrogen and oxygen atoms in total. The molecule has 1 amide bonds. The molecule has 0 fully saturated rings. The van der Waals surface area contributed by atoms with Crippen molar-refractivity contribution in [3.8, 4) is 5.75 Å². The number of aromatic hydroxyl groups is 1. The highest BCUT2D eigenvalue weighted by molar-refractivity contribution is 7.98. The third kappa shape index (κ3) is 3.13. The van der Waals surface area contributed by atoms with Crippen LogP contribution in [-0.4, -0.2) is 41.5 Å². The van der Waals surface area contributed by atoms with E-state index in [0.717, 1.165) is 11.8 Å². The monoisotopic (exact) mass is 243 g/mol. The van der Waals surface area contributed by atoms with Gasteiger partial charge in [0.2, 0.25) is 0 Å². The van der Waals surface area contributed by atoms with Gasteiger partial charge in [-0.05, 0) is 18.4 Å². The van der Waals surface area contributed by atoms with Gasteiger partial charge in [-0.2, -0.15) is 11.8 Å². The predicted molar refractivity (Wildman–Crippen MR) is 63.4 cm³/mol. The van der Waals surface area contributed by atoms with Crippen LogP contribution in [0, 0.1) is 5.82 Å². The fourth-order valence-corrected chi connectivity index (χ4v) is 1.67. The van der Waals surface area contributed by atoms with Crippen molar-refractivity contribution in [3.05, 3.63) is 29.6 Å². The van der Waals surface area contributed by atoms with Crippen LogP contribution in [0.4, 0.5) is 4.39 Å². The van der Waals surface area contributed by atoms with Crippen LogP contribution in [-0.2, 0) is 0 Å². The molecule has 0 saturated carbocycles. The van der Waals surface area contributed by atoms with Crippen molar-refractivity contribution in [2.24, 2.45) is 0 Å². The first-order valence-electron chi connectivity index (χ1n) is 4.79. The minimum Gasteiger partial charge on any atom is -0.508 e. The van der Waals surface area contributed by atoms with Gasteiger partial charge < -0.3 is 10.0 Å². The van der Waals surface area contributed by atoms with Crippen LogP contribution in [0.1, 0.15) is 10.4 Å². The van der Waals surface area contributed by atoms with E-state index in [1.54, 1.807) is 18.8 Å². The Bertz CT molecular complexity index is 384. The molecule has 0 heterocycles. The molecule has 1 N–H and O–H groups in total. The summed E-state index contributed by atoms with van der Waals surface area (Å²) in [5.41, 5.74) is -0.0126. The molecule has 1 aromatic rings. The molecule has 1 aromatic carbocycles. The van der Waals surface area contributed by atoms with Gasteiger partial charge in [0.05, 0.1) is 5.56 Å². The zero-order valence-corrected chi connectivity index (χ0v) is 10.1. The fourth-order valence-electron chi connectivity index (χ4n) is 1.21. The summed E-state index contributed by atoms with van der Waals surface area (Å²) in [6.45, 7) is 0.570. The average Bonchev–Trinajstić information content (AvgIpc) is 2.25. The number of thioether (sulfide) groups is 1. The summed E-state index contributed by atoms with van der Waals surface area (Å²) in [7, 11) is 1.63. The number of phenols is 1. The average molecular weight is 243 g/mol. The number of hydrogen-bond acceptors (Lipinski definition) is 3. The van der Waals surface area contributed by atoms with Gasteiger partial charge in [-0.25, -0.2) is 4.39 Å². The first kappa shape index (κ1) is 12.8. The van der Waals surface area contributed by atoms with Crippen molar-refractivity contribution in [1.82, 2.24) is 4.90 Å². The number of hydrogen-bond donors (Lipinski definition) is 1. The Morgan fingerprint density at radius 3 is 2.81 bits per heavy atom. The summed E-state index contributed by atoms with van der Waals surface area (Å²) >= 11 is 1.62. The summed E-state index contributed by atoms with van der Waals surface area (Å²) in [4.78, 5) is 13.2. The number of rotatable bonds is 4. The maximum atomic E-state index is 13.4. The Morgan fingerprint density at radius 2 is 2.25 bits per heavy atom. The van der Waals surface area contributed by atoms with Gasteiger partial charge in [-0.3, -0.25) is 4.79 Å². The Labute approximate surface area is 98.3 Å². The van der Waals surface area contributed by atoms with Crippen molar-refractivity contribution >= 4 is 17.7 Å². The molecular formula is C11H14FNO2S. The molecule has 88 valence electrons. The second-order valence-corrected chi connectivity index (χ2v) is 4.37. The standard InChI is InChI=1S/C11H14FNO2S/c1-13(5-6-16-2)11(15)9-4-3-8(14)7-10(9)12/h3-4,7,14H,5-6H2,1-2H3. The molecule has 0 aromatic heterocycles. The Morgan fingerprint density at radius 1 is 1.56 bits per heavy atom. The molecule has 0 radical (unpaired) electrons. The molecule has 0 bridgehead atoms. The topological polar surface area (TPSA) is 40.5 Å². The summed E-state index contributed by atoms with van der Waals surface area (Å²) < 4.78 is 13.4. The van der Waals surface area contributed by atoms with Crippen LogP contribution in [0.2, 0.25) is 0 Å². The molecule has 1 rings (SSSR count). The first-order valence-corrected chi connectivity index (χ1v) is 6.18. The second-order valence-electron chi connectivity index (χ2n) is 3.38. The van der Waals surface area contributed by atoms with Crippen molar-refractivity contribution in [2.45, 2.75) is 0 Å². The molecule has 0 unspecified atom stereocenters. The van der Waals surface area contributed by atoms with Crippen LogP contribution in [0.15, 0.2) is 18.2 Å². The van der Waals surface area contributed by atoms with E-state index in [9.17, 15) is 9.18 Å². The smallest absolute Gasteiger partial charge is 0.256 e. The molecule has 0 aliphatic carbocycles. The predicted octanol–water partition coefficient (Wildman–Crippen LogP) is 1.97. The Kier molecular flexibility index (Phi) is 4.61. The van der Waals surface area contributed by atoms with Gasteiger partial charge in [0, 0.05) is 25.4 Å². The molecule has 0 aliphatic rings. The van der Waals surface area contributed by atoms with E-state index < -0.39 is 5.82 Å². The Balaban J connectivity index is 2.79. The van der Waals surface area contributed by atoms with Gasteiger partial charge in [-0.15, -0.1) is 0 Å². The minimum atomic E-state index is -0.694. The van der Waals surface area contributed by atoms with E-state index in [4.69, 9.17) is 5.11 Å². The highest BCUT2D eigenvalue weighted by atomic mass is 32.2. The summed E-state index contributed by atoms with van der Waals surface area (Å²) in [5, 5.41) is 9.03. The summed E-state index contributed by atoms with van der Waals surface area (Å²) in [6, 6.07) is 3.54. The van der Waals surface area contributed by atoms with E-state index in [0.29, 0.717) is 6.54 Å². The highest BCUT2D eigenvalue weighted by Gasteiger charge is 2.15. The molecule has 0 spiro atoms. The maximum Gasteiger partial charge on any atom is 0.256 e.